The molecule has 0 aromatic carbocycles. The summed E-state index contributed by atoms with van der Waals surface area (Å²) >= 11 is 1.38. The van der Waals surface area contributed by atoms with E-state index < -0.39 is 0 Å². The van der Waals surface area contributed by atoms with Crippen LogP contribution in [0.1, 0.15) is 31.2 Å². The van der Waals surface area contributed by atoms with Gasteiger partial charge in [-0.3, -0.25) is 14.4 Å². The zero-order chi connectivity index (χ0) is 16.8. The molecule has 3 rings (SSSR count). The Hall–Kier alpha value is -2.24. The first kappa shape index (κ1) is 16.6. The molecule has 0 spiro atoms. The second-order valence-electron chi connectivity index (χ2n) is 5.88. The fourth-order valence-electron chi connectivity index (χ4n) is 3.03. The lowest BCUT2D eigenvalue weighted by Crippen LogP contribution is -2.43. The quantitative estimate of drug-likeness (QED) is 0.867. The van der Waals surface area contributed by atoms with Crippen LogP contribution in [-0.2, 0) is 11.3 Å². The molecule has 0 unspecified atom stereocenters. The van der Waals surface area contributed by atoms with Crippen molar-refractivity contribution in [2.45, 2.75) is 38.3 Å². The molecule has 2 aromatic heterocycles. The third-order valence-electron chi connectivity index (χ3n) is 4.28. The van der Waals surface area contributed by atoms with Crippen molar-refractivity contribution in [1.29, 1.82) is 5.26 Å². The molecular formula is C16H20N6OS. The Bertz CT molecular complexity index is 704. The Morgan fingerprint density at radius 2 is 2.42 bits per heavy atom. The molecule has 1 atom stereocenters. The van der Waals surface area contributed by atoms with E-state index >= 15 is 0 Å². The van der Waals surface area contributed by atoms with Crippen molar-refractivity contribution in [3.8, 4) is 6.07 Å². The van der Waals surface area contributed by atoms with Crippen LogP contribution in [0.2, 0.25) is 0 Å². The van der Waals surface area contributed by atoms with Crippen molar-refractivity contribution in [3.63, 3.8) is 0 Å². The number of nitrogens with zero attached hydrogens (tertiary/aromatic N) is 5. The van der Waals surface area contributed by atoms with E-state index in [4.69, 9.17) is 5.26 Å². The summed E-state index contributed by atoms with van der Waals surface area (Å²) in [4.78, 5) is 18.5. The Labute approximate surface area is 144 Å². The predicted molar refractivity (Wildman–Crippen MR) is 91.5 cm³/mol. The van der Waals surface area contributed by atoms with Crippen LogP contribution in [0.5, 0.6) is 0 Å². The second kappa shape index (κ2) is 8.04. The lowest BCUT2D eigenvalue weighted by molar-refractivity contribution is -0.116. The van der Waals surface area contributed by atoms with Gasteiger partial charge in [-0.25, -0.2) is 4.98 Å². The second-order valence-corrected chi connectivity index (χ2v) is 6.79. The highest BCUT2D eigenvalue weighted by Crippen LogP contribution is 2.23. The number of carbonyl (C=O) groups excluding carboxylic acids is 1. The molecule has 0 aliphatic carbocycles. The summed E-state index contributed by atoms with van der Waals surface area (Å²) in [5.41, 5.74) is 0.524. The van der Waals surface area contributed by atoms with Gasteiger partial charge in [0, 0.05) is 19.0 Å². The van der Waals surface area contributed by atoms with Crippen LogP contribution >= 0.6 is 11.3 Å². The van der Waals surface area contributed by atoms with Crippen molar-refractivity contribution in [3.05, 3.63) is 29.7 Å². The molecule has 7 nitrogen and oxygen atoms in total. The summed E-state index contributed by atoms with van der Waals surface area (Å²) in [6, 6.07) is 4.20. The first-order valence-electron chi connectivity index (χ1n) is 8.10. The third kappa shape index (κ3) is 4.19. The van der Waals surface area contributed by atoms with Gasteiger partial charge in [0.2, 0.25) is 5.91 Å². The van der Waals surface area contributed by atoms with E-state index in [0.717, 1.165) is 26.1 Å². The minimum Gasteiger partial charge on any atom is -0.317 e. The van der Waals surface area contributed by atoms with E-state index in [9.17, 15) is 4.79 Å². The summed E-state index contributed by atoms with van der Waals surface area (Å²) < 4.78 is 1.86. The van der Waals surface area contributed by atoms with Gasteiger partial charge in [-0.1, -0.05) is 6.42 Å². The van der Waals surface area contributed by atoms with Gasteiger partial charge in [-0.2, -0.15) is 10.4 Å². The molecule has 1 amide bonds. The fourth-order valence-corrected chi connectivity index (χ4v) is 3.79. The number of nitriles is 1. The number of thiophene rings is 1. The smallest absolute Gasteiger partial charge is 0.226 e. The molecule has 3 heterocycles. The molecule has 1 saturated heterocycles. The third-order valence-corrected chi connectivity index (χ3v) is 5.11. The molecule has 24 heavy (non-hydrogen) atoms. The number of anilines is 1. The molecule has 0 saturated carbocycles. The number of rotatable bonds is 6. The van der Waals surface area contributed by atoms with Crippen LogP contribution in [0, 0.1) is 11.3 Å². The average Bonchev–Trinajstić information content (AvgIpc) is 3.25. The average molecular weight is 344 g/mol. The largest absolute Gasteiger partial charge is 0.317 e. The normalized spacial score (nSPS) is 18.2. The highest BCUT2D eigenvalue weighted by molar-refractivity contribution is 7.14. The lowest BCUT2D eigenvalue weighted by Gasteiger charge is -2.35. The zero-order valence-electron chi connectivity index (χ0n) is 13.4. The first-order valence-corrected chi connectivity index (χ1v) is 8.98. The van der Waals surface area contributed by atoms with Crippen molar-refractivity contribution in [1.82, 2.24) is 19.7 Å². The molecule has 0 radical (unpaired) electrons. The fraction of sp³-hybridized carbons (Fsp3) is 0.500. The molecule has 0 bridgehead atoms. The van der Waals surface area contributed by atoms with Gasteiger partial charge in [0.15, 0.2) is 0 Å². The van der Waals surface area contributed by atoms with Crippen molar-refractivity contribution < 1.29 is 4.79 Å². The highest BCUT2D eigenvalue weighted by Gasteiger charge is 2.23. The first-order chi connectivity index (χ1) is 11.8. The monoisotopic (exact) mass is 344 g/mol. The summed E-state index contributed by atoms with van der Waals surface area (Å²) in [7, 11) is 0. The number of nitrogens with one attached hydrogen (secondary N) is 1. The van der Waals surface area contributed by atoms with Crippen LogP contribution < -0.4 is 5.32 Å². The van der Waals surface area contributed by atoms with Gasteiger partial charge in [-0.05, 0) is 30.8 Å². The highest BCUT2D eigenvalue weighted by atomic mass is 32.1. The van der Waals surface area contributed by atoms with Gasteiger partial charge < -0.3 is 5.32 Å². The van der Waals surface area contributed by atoms with Gasteiger partial charge >= 0.3 is 0 Å². The number of hydrogen-bond donors (Lipinski definition) is 1. The maximum absolute atomic E-state index is 12.2. The summed E-state index contributed by atoms with van der Waals surface area (Å²) in [6.45, 7) is 2.54. The zero-order valence-corrected chi connectivity index (χ0v) is 14.2. The lowest BCUT2D eigenvalue weighted by atomic mass is 10.0. The van der Waals surface area contributed by atoms with Gasteiger partial charge in [0.25, 0.3) is 0 Å². The van der Waals surface area contributed by atoms with Crippen molar-refractivity contribution in [2.75, 3.05) is 18.4 Å². The molecule has 126 valence electrons. The van der Waals surface area contributed by atoms with Crippen LogP contribution in [0.4, 0.5) is 5.00 Å². The number of hydrogen-bond acceptors (Lipinski definition) is 6. The molecule has 8 heteroatoms. The Morgan fingerprint density at radius 1 is 1.50 bits per heavy atom. The van der Waals surface area contributed by atoms with Crippen LogP contribution in [0.15, 0.2) is 24.1 Å². The van der Waals surface area contributed by atoms with Crippen LogP contribution in [0.25, 0.3) is 0 Å². The summed E-state index contributed by atoms with van der Waals surface area (Å²) in [5.74, 6) is -0.0426. The number of carbonyl (C=O) groups is 1. The Balaban J connectivity index is 1.52. The topological polar surface area (TPSA) is 86.8 Å². The molecular weight excluding hydrogens is 324 g/mol. The summed E-state index contributed by atoms with van der Waals surface area (Å²) in [5, 5.41) is 18.5. The predicted octanol–water partition coefficient (Wildman–Crippen LogP) is 2.09. The number of aromatic nitrogens is 3. The Kier molecular flexibility index (Phi) is 5.56. The van der Waals surface area contributed by atoms with Crippen LogP contribution in [0.3, 0.4) is 0 Å². The van der Waals surface area contributed by atoms with Crippen molar-refractivity contribution in [2.24, 2.45) is 0 Å². The van der Waals surface area contributed by atoms with E-state index in [-0.39, 0.29) is 5.91 Å². The van der Waals surface area contributed by atoms with Crippen molar-refractivity contribution >= 4 is 22.2 Å². The van der Waals surface area contributed by atoms with Gasteiger partial charge in [0.05, 0.1) is 12.1 Å². The van der Waals surface area contributed by atoms with E-state index in [1.165, 1.54) is 24.2 Å². The molecule has 1 N–H and O–H groups in total. The molecule has 1 aliphatic heterocycles. The van der Waals surface area contributed by atoms with E-state index in [1.807, 2.05) is 10.1 Å². The van der Waals surface area contributed by atoms with Gasteiger partial charge in [-0.15, -0.1) is 11.3 Å². The molecule has 1 fully saturated rings. The SMILES string of the molecule is N#Cc1ccsc1NC(=O)CCN1CCCC[C@H]1Cn1cncn1. The minimum atomic E-state index is -0.0426. The van der Waals surface area contributed by atoms with E-state index in [2.05, 4.69) is 26.4 Å². The molecule has 2 aromatic rings. The summed E-state index contributed by atoms with van der Waals surface area (Å²) in [6.07, 6.45) is 7.21. The maximum Gasteiger partial charge on any atom is 0.226 e. The molecule has 1 aliphatic rings. The number of piperidine rings is 1. The number of amides is 1. The standard InChI is InChI=1S/C16H20N6OS/c17-9-13-5-8-24-16(13)20-15(23)4-7-21-6-2-1-3-14(21)10-22-12-18-11-19-22/h5,8,11-12,14H,1-4,6-7,10H2,(H,20,23)/t14-/m0/s1. The van der Waals surface area contributed by atoms with Crippen LogP contribution in [-0.4, -0.2) is 44.7 Å². The van der Waals surface area contributed by atoms with Gasteiger partial charge in [0.1, 0.15) is 23.7 Å². The van der Waals surface area contributed by atoms with E-state index in [0.29, 0.717) is 23.0 Å². The number of likely N-dealkylation sites (tertiary alicyclic amines) is 1. The minimum absolute atomic E-state index is 0.0426. The Morgan fingerprint density at radius 3 is 3.21 bits per heavy atom. The van der Waals surface area contributed by atoms with E-state index in [1.54, 1.807) is 18.7 Å². The maximum atomic E-state index is 12.2.